The van der Waals surface area contributed by atoms with Gasteiger partial charge in [0.15, 0.2) is 0 Å². The van der Waals surface area contributed by atoms with Crippen LogP contribution in [0.15, 0.2) is 18.3 Å². The van der Waals surface area contributed by atoms with E-state index in [1.165, 1.54) is 5.56 Å². The van der Waals surface area contributed by atoms with E-state index in [-0.39, 0.29) is 6.10 Å². The standard InChI is InChI=1S/C13H21NO/c1-4-6-11(3)13(15)9-12-10(2)7-5-8-14-12/h5,7-8,11,13,15H,4,6,9H2,1-3H3. The maximum absolute atomic E-state index is 9.99. The van der Waals surface area contributed by atoms with Crippen LogP contribution < -0.4 is 0 Å². The number of aliphatic hydroxyl groups excluding tert-OH is 1. The van der Waals surface area contributed by atoms with Crippen LogP contribution >= 0.6 is 0 Å². The number of rotatable bonds is 5. The first kappa shape index (κ1) is 12.2. The zero-order valence-electron chi connectivity index (χ0n) is 9.90. The quantitative estimate of drug-likeness (QED) is 0.805. The third kappa shape index (κ3) is 3.63. The molecule has 0 aliphatic carbocycles. The number of aryl methyl sites for hydroxylation is 1. The summed E-state index contributed by atoms with van der Waals surface area (Å²) in [7, 11) is 0. The second kappa shape index (κ2) is 5.86. The predicted molar refractivity (Wildman–Crippen MR) is 62.8 cm³/mol. The van der Waals surface area contributed by atoms with Crippen molar-refractivity contribution in [2.75, 3.05) is 0 Å². The van der Waals surface area contributed by atoms with Crippen molar-refractivity contribution in [2.24, 2.45) is 5.92 Å². The van der Waals surface area contributed by atoms with Gasteiger partial charge in [-0.2, -0.15) is 0 Å². The Kier molecular flexibility index (Phi) is 4.76. The molecule has 2 nitrogen and oxygen atoms in total. The average Bonchev–Trinajstić information content (AvgIpc) is 2.21. The van der Waals surface area contributed by atoms with E-state index in [1.807, 2.05) is 19.1 Å². The van der Waals surface area contributed by atoms with Crippen molar-refractivity contribution in [2.45, 2.75) is 46.1 Å². The van der Waals surface area contributed by atoms with Crippen LogP contribution in [-0.4, -0.2) is 16.2 Å². The van der Waals surface area contributed by atoms with Gasteiger partial charge in [0.2, 0.25) is 0 Å². The summed E-state index contributed by atoms with van der Waals surface area (Å²) >= 11 is 0. The van der Waals surface area contributed by atoms with Gasteiger partial charge in [-0.3, -0.25) is 4.98 Å². The smallest absolute Gasteiger partial charge is 0.0621 e. The Morgan fingerprint density at radius 2 is 2.20 bits per heavy atom. The van der Waals surface area contributed by atoms with E-state index < -0.39 is 0 Å². The predicted octanol–water partition coefficient (Wildman–Crippen LogP) is 2.73. The molecule has 0 aromatic carbocycles. The van der Waals surface area contributed by atoms with Gasteiger partial charge in [-0.25, -0.2) is 0 Å². The molecule has 1 rings (SSSR count). The van der Waals surface area contributed by atoms with Crippen LogP contribution in [0.2, 0.25) is 0 Å². The summed E-state index contributed by atoms with van der Waals surface area (Å²) in [5.41, 5.74) is 2.19. The van der Waals surface area contributed by atoms with Gasteiger partial charge in [-0.05, 0) is 30.9 Å². The second-order valence-electron chi connectivity index (χ2n) is 4.30. The van der Waals surface area contributed by atoms with Crippen molar-refractivity contribution < 1.29 is 5.11 Å². The van der Waals surface area contributed by atoms with Gasteiger partial charge in [0, 0.05) is 18.3 Å². The summed E-state index contributed by atoms with van der Waals surface area (Å²) in [5, 5.41) is 9.99. The Labute approximate surface area is 92.4 Å². The molecule has 0 aliphatic heterocycles. The lowest BCUT2D eigenvalue weighted by Crippen LogP contribution is -2.21. The molecule has 0 saturated heterocycles. The van der Waals surface area contributed by atoms with Crippen molar-refractivity contribution in [1.29, 1.82) is 0 Å². The van der Waals surface area contributed by atoms with E-state index >= 15 is 0 Å². The van der Waals surface area contributed by atoms with E-state index in [4.69, 9.17) is 0 Å². The van der Waals surface area contributed by atoms with Gasteiger partial charge < -0.3 is 5.11 Å². The van der Waals surface area contributed by atoms with Gasteiger partial charge in [0.05, 0.1) is 6.10 Å². The van der Waals surface area contributed by atoms with Crippen molar-refractivity contribution in [1.82, 2.24) is 4.98 Å². The molecule has 0 aliphatic rings. The van der Waals surface area contributed by atoms with Crippen LogP contribution in [0.5, 0.6) is 0 Å². The highest BCUT2D eigenvalue weighted by Crippen LogP contribution is 2.15. The van der Waals surface area contributed by atoms with Gasteiger partial charge >= 0.3 is 0 Å². The zero-order valence-corrected chi connectivity index (χ0v) is 9.90. The molecule has 1 aromatic heterocycles. The lowest BCUT2D eigenvalue weighted by Gasteiger charge is -2.18. The first-order valence-corrected chi connectivity index (χ1v) is 5.73. The Hall–Kier alpha value is -0.890. The van der Waals surface area contributed by atoms with Crippen molar-refractivity contribution in [3.63, 3.8) is 0 Å². The molecular weight excluding hydrogens is 186 g/mol. The highest BCUT2D eigenvalue weighted by Gasteiger charge is 2.15. The van der Waals surface area contributed by atoms with Crippen LogP contribution in [-0.2, 0) is 6.42 Å². The maximum atomic E-state index is 9.99. The van der Waals surface area contributed by atoms with E-state index in [2.05, 4.69) is 18.8 Å². The van der Waals surface area contributed by atoms with Crippen molar-refractivity contribution >= 4 is 0 Å². The van der Waals surface area contributed by atoms with E-state index in [9.17, 15) is 5.11 Å². The van der Waals surface area contributed by atoms with E-state index in [1.54, 1.807) is 6.20 Å². The Bertz CT molecular complexity index is 298. The van der Waals surface area contributed by atoms with E-state index in [0.29, 0.717) is 12.3 Å². The number of pyridine rings is 1. The van der Waals surface area contributed by atoms with Crippen molar-refractivity contribution in [3.05, 3.63) is 29.6 Å². The molecule has 0 saturated carbocycles. The molecule has 1 aromatic rings. The third-order valence-corrected chi connectivity index (χ3v) is 2.92. The summed E-state index contributed by atoms with van der Waals surface area (Å²) in [4.78, 5) is 4.30. The number of hydrogen-bond donors (Lipinski definition) is 1. The summed E-state index contributed by atoms with van der Waals surface area (Å²) in [6, 6.07) is 3.97. The number of hydrogen-bond acceptors (Lipinski definition) is 2. The highest BCUT2D eigenvalue weighted by atomic mass is 16.3. The van der Waals surface area contributed by atoms with Crippen LogP contribution in [0.4, 0.5) is 0 Å². The third-order valence-electron chi connectivity index (χ3n) is 2.92. The Balaban J connectivity index is 2.58. The zero-order chi connectivity index (χ0) is 11.3. The molecule has 2 atom stereocenters. The molecule has 15 heavy (non-hydrogen) atoms. The minimum atomic E-state index is -0.265. The molecule has 1 N–H and O–H groups in total. The SMILES string of the molecule is CCCC(C)C(O)Cc1ncccc1C. The number of aliphatic hydroxyl groups is 1. The molecule has 0 amide bonds. The lowest BCUT2D eigenvalue weighted by atomic mass is 9.95. The maximum Gasteiger partial charge on any atom is 0.0621 e. The van der Waals surface area contributed by atoms with Crippen LogP contribution in [0.25, 0.3) is 0 Å². The number of nitrogens with zero attached hydrogens (tertiary/aromatic N) is 1. The summed E-state index contributed by atoms with van der Waals surface area (Å²) in [6.07, 6.45) is 4.40. The topological polar surface area (TPSA) is 33.1 Å². The monoisotopic (exact) mass is 207 g/mol. The normalized spacial score (nSPS) is 14.9. The molecule has 0 radical (unpaired) electrons. The Morgan fingerprint density at radius 1 is 1.47 bits per heavy atom. The molecule has 0 spiro atoms. The molecule has 0 fully saturated rings. The summed E-state index contributed by atoms with van der Waals surface area (Å²) in [5.74, 6) is 0.358. The largest absolute Gasteiger partial charge is 0.392 e. The second-order valence-corrected chi connectivity index (χ2v) is 4.30. The fourth-order valence-corrected chi connectivity index (χ4v) is 1.78. The minimum Gasteiger partial charge on any atom is -0.392 e. The van der Waals surface area contributed by atoms with Gasteiger partial charge in [0.25, 0.3) is 0 Å². The van der Waals surface area contributed by atoms with Gasteiger partial charge in [0.1, 0.15) is 0 Å². The highest BCUT2D eigenvalue weighted by molar-refractivity contribution is 5.18. The minimum absolute atomic E-state index is 0.265. The van der Waals surface area contributed by atoms with Crippen LogP contribution in [0, 0.1) is 12.8 Å². The molecule has 1 heterocycles. The Morgan fingerprint density at radius 3 is 2.80 bits per heavy atom. The molecule has 84 valence electrons. The molecule has 2 unspecified atom stereocenters. The summed E-state index contributed by atoms with van der Waals surface area (Å²) < 4.78 is 0. The molecule has 2 heteroatoms. The first-order valence-electron chi connectivity index (χ1n) is 5.73. The van der Waals surface area contributed by atoms with Crippen molar-refractivity contribution in [3.8, 4) is 0 Å². The first-order chi connectivity index (χ1) is 7.15. The van der Waals surface area contributed by atoms with Crippen LogP contribution in [0.3, 0.4) is 0 Å². The van der Waals surface area contributed by atoms with Gasteiger partial charge in [-0.1, -0.05) is 26.3 Å². The fraction of sp³-hybridized carbons (Fsp3) is 0.615. The van der Waals surface area contributed by atoms with Gasteiger partial charge in [-0.15, -0.1) is 0 Å². The number of aromatic nitrogens is 1. The van der Waals surface area contributed by atoms with Crippen LogP contribution in [0.1, 0.15) is 37.9 Å². The van der Waals surface area contributed by atoms with E-state index in [0.717, 1.165) is 18.5 Å². The fourth-order valence-electron chi connectivity index (χ4n) is 1.78. The molecular formula is C13H21NO. The lowest BCUT2D eigenvalue weighted by molar-refractivity contribution is 0.110. The average molecular weight is 207 g/mol. The molecule has 0 bridgehead atoms. The summed E-state index contributed by atoms with van der Waals surface area (Å²) in [6.45, 7) is 6.29.